The predicted molar refractivity (Wildman–Crippen MR) is 120 cm³/mol. The molecule has 0 radical (unpaired) electrons. The van der Waals surface area contributed by atoms with Gasteiger partial charge in [-0.3, -0.25) is 9.59 Å². The van der Waals surface area contributed by atoms with Crippen molar-refractivity contribution in [1.82, 2.24) is 10.6 Å². The first-order chi connectivity index (χ1) is 15.0. The molecule has 0 bridgehead atoms. The van der Waals surface area contributed by atoms with E-state index in [1.54, 1.807) is 24.3 Å². The van der Waals surface area contributed by atoms with Gasteiger partial charge in [0.2, 0.25) is 5.91 Å². The largest absolute Gasteiger partial charge is 0.494 e. The highest BCUT2D eigenvalue weighted by Gasteiger charge is 2.25. The van der Waals surface area contributed by atoms with E-state index in [4.69, 9.17) is 14.2 Å². The first-order valence-electron chi connectivity index (χ1n) is 10.6. The molecule has 1 unspecified atom stereocenters. The van der Waals surface area contributed by atoms with Crippen LogP contribution in [-0.2, 0) is 4.79 Å². The van der Waals surface area contributed by atoms with E-state index >= 15 is 0 Å². The van der Waals surface area contributed by atoms with Gasteiger partial charge in [-0.25, -0.2) is 0 Å². The Morgan fingerprint density at radius 2 is 1.48 bits per heavy atom. The summed E-state index contributed by atoms with van der Waals surface area (Å²) in [5.41, 5.74) is 0.404. The number of carbonyl (C=O) groups is 2. The van der Waals surface area contributed by atoms with E-state index in [2.05, 4.69) is 10.6 Å². The van der Waals surface area contributed by atoms with Crippen LogP contribution in [0.1, 0.15) is 38.1 Å². The quantitative estimate of drug-likeness (QED) is 0.506. The Bertz CT molecular complexity index is 836. The molecule has 2 rings (SSSR count). The SMILES string of the molecule is CCOc1ccc(OCCNC(=O)C(NC(=O)c2ccccc2OCC)C(C)C)cc1. The van der Waals surface area contributed by atoms with E-state index in [0.717, 1.165) is 5.75 Å². The van der Waals surface area contributed by atoms with Crippen molar-refractivity contribution in [2.24, 2.45) is 5.92 Å². The minimum Gasteiger partial charge on any atom is -0.494 e. The zero-order valence-electron chi connectivity index (χ0n) is 18.6. The fourth-order valence-corrected chi connectivity index (χ4v) is 2.94. The van der Waals surface area contributed by atoms with Gasteiger partial charge in [-0.15, -0.1) is 0 Å². The second-order valence-corrected chi connectivity index (χ2v) is 7.17. The average molecular weight is 429 g/mol. The van der Waals surface area contributed by atoms with Crippen molar-refractivity contribution in [2.45, 2.75) is 33.7 Å². The molecule has 2 N–H and O–H groups in total. The van der Waals surface area contributed by atoms with Gasteiger partial charge in [-0.1, -0.05) is 26.0 Å². The van der Waals surface area contributed by atoms with Crippen molar-refractivity contribution in [3.8, 4) is 17.2 Å². The number of hydrogen-bond acceptors (Lipinski definition) is 5. The van der Waals surface area contributed by atoms with Gasteiger partial charge < -0.3 is 24.8 Å². The lowest BCUT2D eigenvalue weighted by molar-refractivity contribution is -0.124. The average Bonchev–Trinajstić information content (AvgIpc) is 2.76. The normalized spacial score (nSPS) is 11.5. The number of hydrogen-bond donors (Lipinski definition) is 2. The highest BCUT2D eigenvalue weighted by Crippen LogP contribution is 2.19. The van der Waals surface area contributed by atoms with Crippen molar-refractivity contribution in [1.29, 1.82) is 0 Å². The molecule has 7 nitrogen and oxygen atoms in total. The number of rotatable bonds is 12. The van der Waals surface area contributed by atoms with Crippen LogP contribution in [0.15, 0.2) is 48.5 Å². The Balaban J connectivity index is 1.87. The van der Waals surface area contributed by atoms with Gasteiger partial charge in [-0.05, 0) is 56.2 Å². The summed E-state index contributed by atoms with van der Waals surface area (Å²) in [4.78, 5) is 25.4. The molecule has 0 spiro atoms. The number of nitrogens with one attached hydrogen (secondary N) is 2. The second-order valence-electron chi connectivity index (χ2n) is 7.17. The first kappa shape index (κ1) is 24.1. The third-order valence-electron chi connectivity index (χ3n) is 4.47. The molecule has 168 valence electrons. The molecule has 0 fully saturated rings. The van der Waals surface area contributed by atoms with Gasteiger partial charge in [-0.2, -0.15) is 0 Å². The molecule has 0 aliphatic heterocycles. The maximum absolute atomic E-state index is 12.7. The molecule has 7 heteroatoms. The van der Waals surface area contributed by atoms with E-state index in [9.17, 15) is 9.59 Å². The second kappa shape index (κ2) is 12.5. The van der Waals surface area contributed by atoms with Crippen LogP contribution in [0.2, 0.25) is 0 Å². The summed E-state index contributed by atoms with van der Waals surface area (Å²) in [6.45, 7) is 9.24. The summed E-state index contributed by atoms with van der Waals surface area (Å²) in [6.07, 6.45) is 0. The van der Waals surface area contributed by atoms with Crippen molar-refractivity contribution in [3.63, 3.8) is 0 Å². The van der Waals surface area contributed by atoms with Crippen LogP contribution in [0, 0.1) is 5.92 Å². The van der Waals surface area contributed by atoms with Crippen molar-refractivity contribution in [3.05, 3.63) is 54.1 Å². The van der Waals surface area contributed by atoms with Crippen molar-refractivity contribution in [2.75, 3.05) is 26.4 Å². The third-order valence-corrected chi connectivity index (χ3v) is 4.47. The van der Waals surface area contributed by atoms with E-state index in [0.29, 0.717) is 43.4 Å². The van der Waals surface area contributed by atoms with E-state index in [-0.39, 0.29) is 17.7 Å². The number of ether oxygens (including phenoxy) is 3. The summed E-state index contributed by atoms with van der Waals surface area (Å²) in [7, 11) is 0. The van der Waals surface area contributed by atoms with Crippen LogP contribution in [-0.4, -0.2) is 44.2 Å². The lowest BCUT2D eigenvalue weighted by Crippen LogP contribution is -2.50. The summed E-state index contributed by atoms with van der Waals surface area (Å²) in [5, 5.41) is 5.65. The highest BCUT2D eigenvalue weighted by molar-refractivity contribution is 5.99. The standard InChI is InChI=1S/C24H32N2O5/c1-5-29-18-11-13-19(14-12-18)31-16-15-25-24(28)22(17(3)4)26-23(27)20-9-7-8-10-21(20)30-6-2/h7-14,17,22H,5-6,15-16H2,1-4H3,(H,25,28)(H,26,27). The molecular weight excluding hydrogens is 396 g/mol. The molecule has 2 aromatic rings. The molecular formula is C24H32N2O5. The van der Waals surface area contributed by atoms with Crippen LogP contribution < -0.4 is 24.8 Å². The molecule has 2 amide bonds. The Morgan fingerprint density at radius 3 is 2.10 bits per heavy atom. The lowest BCUT2D eigenvalue weighted by atomic mass is 10.0. The van der Waals surface area contributed by atoms with Crippen LogP contribution in [0.5, 0.6) is 17.2 Å². The summed E-state index contributed by atoms with van der Waals surface area (Å²) < 4.78 is 16.6. The lowest BCUT2D eigenvalue weighted by Gasteiger charge is -2.22. The van der Waals surface area contributed by atoms with Crippen LogP contribution in [0.3, 0.4) is 0 Å². The summed E-state index contributed by atoms with van der Waals surface area (Å²) in [6, 6.07) is 13.6. The predicted octanol–water partition coefficient (Wildman–Crippen LogP) is 3.43. The van der Waals surface area contributed by atoms with Gasteiger partial charge in [0.15, 0.2) is 0 Å². The van der Waals surface area contributed by atoms with E-state index in [1.165, 1.54) is 0 Å². The highest BCUT2D eigenvalue weighted by atomic mass is 16.5. The minimum absolute atomic E-state index is 0.0877. The van der Waals surface area contributed by atoms with Gasteiger partial charge in [0, 0.05) is 0 Å². The maximum Gasteiger partial charge on any atom is 0.255 e. The van der Waals surface area contributed by atoms with Gasteiger partial charge in [0.1, 0.15) is 29.9 Å². The molecule has 0 aliphatic carbocycles. The van der Waals surface area contributed by atoms with Crippen LogP contribution >= 0.6 is 0 Å². The molecule has 0 aliphatic rings. The van der Waals surface area contributed by atoms with Crippen LogP contribution in [0.4, 0.5) is 0 Å². The molecule has 0 saturated carbocycles. The molecule has 0 aromatic heterocycles. The third kappa shape index (κ3) is 7.51. The maximum atomic E-state index is 12.7. The Morgan fingerprint density at radius 1 is 0.871 bits per heavy atom. The molecule has 0 heterocycles. The van der Waals surface area contributed by atoms with Gasteiger partial charge in [0.05, 0.1) is 25.3 Å². The summed E-state index contributed by atoms with van der Waals surface area (Å²) in [5.74, 6) is 1.28. The van der Waals surface area contributed by atoms with E-state index < -0.39 is 6.04 Å². The van der Waals surface area contributed by atoms with E-state index in [1.807, 2.05) is 52.0 Å². The molecule has 0 saturated heterocycles. The molecule has 2 aromatic carbocycles. The smallest absolute Gasteiger partial charge is 0.255 e. The molecule has 1 atom stereocenters. The monoisotopic (exact) mass is 428 g/mol. The van der Waals surface area contributed by atoms with Crippen molar-refractivity contribution >= 4 is 11.8 Å². The number of benzene rings is 2. The Kier molecular flexibility index (Phi) is 9.68. The zero-order chi connectivity index (χ0) is 22.6. The first-order valence-corrected chi connectivity index (χ1v) is 10.6. The minimum atomic E-state index is -0.673. The topological polar surface area (TPSA) is 85.9 Å². The fraction of sp³-hybridized carbons (Fsp3) is 0.417. The number of carbonyl (C=O) groups excluding carboxylic acids is 2. The van der Waals surface area contributed by atoms with Gasteiger partial charge >= 0.3 is 0 Å². The number of para-hydroxylation sites is 1. The summed E-state index contributed by atoms with van der Waals surface area (Å²) >= 11 is 0. The van der Waals surface area contributed by atoms with Crippen molar-refractivity contribution < 1.29 is 23.8 Å². The number of amides is 2. The Hall–Kier alpha value is -3.22. The molecule has 31 heavy (non-hydrogen) atoms. The van der Waals surface area contributed by atoms with Crippen LogP contribution in [0.25, 0.3) is 0 Å². The zero-order valence-corrected chi connectivity index (χ0v) is 18.6. The Labute approximate surface area is 184 Å². The fourth-order valence-electron chi connectivity index (χ4n) is 2.94. The van der Waals surface area contributed by atoms with Gasteiger partial charge in [0.25, 0.3) is 5.91 Å².